The Hall–Kier alpha value is -1.69. The van der Waals surface area contributed by atoms with Gasteiger partial charge in [0.05, 0.1) is 5.56 Å². The average Bonchev–Trinajstić information content (AvgIpc) is 2.55. The quantitative estimate of drug-likeness (QED) is 0.686. The van der Waals surface area contributed by atoms with Crippen LogP contribution in [0.3, 0.4) is 0 Å². The molecule has 0 bridgehead atoms. The fraction of sp³-hybridized carbons (Fsp3) is 0.500. The lowest BCUT2D eigenvalue weighted by Crippen LogP contribution is -2.43. The van der Waals surface area contributed by atoms with Crippen molar-refractivity contribution >= 4 is 23.8 Å². The highest BCUT2D eigenvalue weighted by molar-refractivity contribution is 8.00. The van der Waals surface area contributed by atoms with E-state index in [1.54, 1.807) is 23.9 Å². The normalized spacial score (nSPS) is 11.0. The molecule has 0 aliphatic heterocycles. The molecular formula is C16H24N2O3S. The largest absolute Gasteiger partial charge is 0.478 e. The molecule has 0 unspecified atom stereocenters. The van der Waals surface area contributed by atoms with Crippen LogP contribution in [-0.2, 0) is 6.54 Å². The molecule has 6 heteroatoms. The van der Waals surface area contributed by atoms with E-state index >= 15 is 0 Å². The van der Waals surface area contributed by atoms with Gasteiger partial charge in [-0.15, -0.1) is 0 Å². The highest BCUT2D eigenvalue weighted by Crippen LogP contribution is 2.29. The second kappa shape index (κ2) is 8.68. The summed E-state index contributed by atoms with van der Waals surface area (Å²) in [4.78, 5) is 22.6. The van der Waals surface area contributed by atoms with Gasteiger partial charge in [-0.2, -0.15) is 11.8 Å². The van der Waals surface area contributed by atoms with Crippen LogP contribution in [0, 0.1) is 0 Å². The third kappa shape index (κ3) is 5.26. The van der Waals surface area contributed by atoms with Crippen LogP contribution in [0.15, 0.2) is 24.3 Å². The molecule has 0 saturated heterocycles. The monoisotopic (exact) mass is 324 g/mol. The maximum Gasteiger partial charge on any atom is 0.335 e. The van der Waals surface area contributed by atoms with Gasteiger partial charge < -0.3 is 15.7 Å². The van der Waals surface area contributed by atoms with Crippen molar-refractivity contribution in [3.05, 3.63) is 35.4 Å². The number of rotatable bonds is 8. The van der Waals surface area contributed by atoms with E-state index in [4.69, 9.17) is 5.11 Å². The molecule has 2 amide bonds. The summed E-state index contributed by atoms with van der Waals surface area (Å²) in [5.74, 6) is -0.954. The van der Waals surface area contributed by atoms with Crippen molar-refractivity contribution in [1.82, 2.24) is 10.6 Å². The van der Waals surface area contributed by atoms with Crippen molar-refractivity contribution in [2.24, 2.45) is 0 Å². The van der Waals surface area contributed by atoms with E-state index in [1.807, 2.05) is 0 Å². The lowest BCUT2D eigenvalue weighted by atomic mass is 10.0. The summed E-state index contributed by atoms with van der Waals surface area (Å²) in [5, 5.41) is 14.5. The first-order valence-electron chi connectivity index (χ1n) is 7.35. The third-order valence-electron chi connectivity index (χ3n) is 3.95. The van der Waals surface area contributed by atoms with Gasteiger partial charge in [-0.25, -0.2) is 9.59 Å². The van der Waals surface area contributed by atoms with Crippen molar-refractivity contribution in [1.29, 1.82) is 0 Å². The van der Waals surface area contributed by atoms with Gasteiger partial charge in [0.15, 0.2) is 0 Å². The predicted octanol–water partition coefficient (Wildman–Crippen LogP) is 3.11. The summed E-state index contributed by atoms with van der Waals surface area (Å²) < 4.78 is 0.0838. The second-order valence-corrected chi connectivity index (χ2v) is 6.41. The number of carbonyl (C=O) groups excluding carboxylic acids is 1. The highest BCUT2D eigenvalue weighted by Gasteiger charge is 2.25. The fourth-order valence-corrected chi connectivity index (χ4v) is 2.91. The number of nitrogens with one attached hydrogen (secondary N) is 2. The topological polar surface area (TPSA) is 78.4 Å². The molecule has 1 rings (SSSR count). The average molecular weight is 324 g/mol. The van der Waals surface area contributed by atoms with E-state index < -0.39 is 5.97 Å². The van der Waals surface area contributed by atoms with E-state index in [0.717, 1.165) is 18.4 Å². The first kappa shape index (κ1) is 18.4. The molecule has 0 aliphatic rings. The minimum atomic E-state index is -0.954. The number of aromatic carboxylic acids is 1. The van der Waals surface area contributed by atoms with Crippen molar-refractivity contribution < 1.29 is 14.7 Å². The Morgan fingerprint density at radius 2 is 1.73 bits per heavy atom. The van der Waals surface area contributed by atoms with Gasteiger partial charge in [0.25, 0.3) is 0 Å². The van der Waals surface area contributed by atoms with Gasteiger partial charge in [-0.05, 0) is 36.8 Å². The standard InChI is InChI=1S/C16H24N2O3S/c1-4-16(5-2,22-3)11-18-15(21)17-10-12-6-8-13(9-7-12)14(19)20/h6-9H,4-5,10-11H2,1-3H3,(H,19,20)(H2,17,18,21). The van der Waals surface area contributed by atoms with E-state index in [9.17, 15) is 9.59 Å². The van der Waals surface area contributed by atoms with E-state index in [2.05, 4.69) is 30.7 Å². The second-order valence-electron chi connectivity index (χ2n) is 5.13. The van der Waals surface area contributed by atoms with Gasteiger partial charge >= 0.3 is 12.0 Å². The van der Waals surface area contributed by atoms with Gasteiger partial charge in [0.2, 0.25) is 0 Å². The minimum Gasteiger partial charge on any atom is -0.478 e. The van der Waals surface area contributed by atoms with Crippen LogP contribution in [0.2, 0.25) is 0 Å². The SMILES string of the molecule is CCC(CC)(CNC(=O)NCc1ccc(C(=O)O)cc1)SC. The summed E-state index contributed by atoms with van der Waals surface area (Å²) in [6, 6.07) is 6.26. The lowest BCUT2D eigenvalue weighted by molar-refractivity contribution is 0.0697. The number of urea groups is 1. The van der Waals surface area contributed by atoms with E-state index in [1.165, 1.54) is 12.1 Å². The number of hydrogen-bond donors (Lipinski definition) is 3. The number of carbonyl (C=O) groups is 2. The number of amides is 2. The molecule has 0 heterocycles. The van der Waals surface area contributed by atoms with Crippen LogP contribution < -0.4 is 10.6 Å². The predicted molar refractivity (Wildman–Crippen MR) is 90.5 cm³/mol. The summed E-state index contributed by atoms with van der Waals surface area (Å²) in [5.41, 5.74) is 1.10. The number of carboxylic acids is 1. The van der Waals surface area contributed by atoms with Crippen molar-refractivity contribution in [2.75, 3.05) is 12.8 Å². The first-order valence-corrected chi connectivity index (χ1v) is 8.58. The maximum absolute atomic E-state index is 11.9. The van der Waals surface area contributed by atoms with Crippen LogP contribution in [0.25, 0.3) is 0 Å². The molecule has 0 aromatic heterocycles. The van der Waals surface area contributed by atoms with E-state index in [-0.39, 0.29) is 16.3 Å². The molecule has 22 heavy (non-hydrogen) atoms. The van der Waals surface area contributed by atoms with Gasteiger partial charge in [-0.3, -0.25) is 0 Å². The first-order chi connectivity index (χ1) is 10.5. The van der Waals surface area contributed by atoms with Crippen molar-refractivity contribution in [3.8, 4) is 0 Å². The molecule has 0 atom stereocenters. The molecule has 0 fully saturated rings. The molecule has 122 valence electrons. The van der Waals surface area contributed by atoms with Crippen molar-refractivity contribution in [3.63, 3.8) is 0 Å². The third-order valence-corrected chi connectivity index (χ3v) is 5.53. The van der Waals surface area contributed by atoms with Gasteiger partial charge in [0.1, 0.15) is 0 Å². The number of thioether (sulfide) groups is 1. The van der Waals surface area contributed by atoms with Crippen molar-refractivity contribution in [2.45, 2.75) is 38.0 Å². The van der Waals surface area contributed by atoms with Gasteiger partial charge in [0, 0.05) is 17.8 Å². The Bertz CT molecular complexity index is 490. The molecule has 0 aliphatic carbocycles. The Kier molecular flexibility index (Phi) is 7.24. The zero-order valence-electron chi connectivity index (χ0n) is 13.3. The molecule has 1 aromatic carbocycles. The number of benzene rings is 1. The van der Waals surface area contributed by atoms with Crippen LogP contribution in [0.5, 0.6) is 0 Å². The highest BCUT2D eigenvalue weighted by atomic mass is 32.2. The fourth-order valence-electron chi connectivity index (χ4n) is 2.11. The van der Waals surface area contributed by atoms with Crippen LogP contribution in [0.1, 0.15) is 42.6 Å². The van der Waals surface area contributed by atoms with Crippen LogP contribution in [-0.4, -0.2) is 34.7 Å². The zero-order valence-corrected chi connectivity index (χ0v) is 14.1. The Balaban J connectivity index is 2.44. The molecule has 1 aromatic rings. The van der Waals surface area contributed by atoms with E-state index in [0.29, 0.717) is 13.1 Å². The summed E-state index contributed by atoms with van der Waals surface area (Å²) in [7, 11) is 0. The summed E-state index contributed by atoms with van der Waals surface area (Å²) >= 11 is 1.78. The molecule has 3 N–H and O–H groups in total. The minimum absolute atomic E-state index is 0.0838. The molecule has 0 saturated carbocycles. The molecule has 0 spiro atoms. The zero-order chi connectivity index (χ0) is 16.6. The Morgan fingerprint density at radius 1 is 1.14 bits per heavy atom. The number of carboxylic acid groups (broad SMARTS) is 1. The molecule has 0 radical (unpaired) electrons. The summed E-state index contributed by atoms with van der Waals surface area (Å²) in [6.07, 6.45) is 4.07. The molecule has 5 nitrogen and oxygen atoms in total. The Labute approximate surface area is 135 Å². The Morgan fingerprint density at radius 3 is 2.18 bits per heavy atom. The molecular weight excluding hydrogens is 300 g/mol. The smallest absolute Gasteiger partial charge is 0.335 e. The lowest BCUT2D eigenvalue weighted by Gasteiger charge is -2.29. The number of hydrogen-bond acceptors (Lipinski definition) is 3. The van der Waals surface area contributed by atoms with Crippen LogP contribution >= 0.6 is 11.8 Å². The van der Waals surface area contributed by atoms with Crippen LogP contribution in [0.4, 0.5) is 4.79 Å². The van der Waals surface area contributed by atoms with Gasteiger partial charge in [-0.1, -0.05) is 26.0 Å². The maximum atomic E-state index is 11.9. The summed E-state index contributed by atoms with van der Waals surface area (Å²) in [6.45, 7) is 5.26.